The van der Waals surface area contributed by atoms with Gasteiger partial charge in [0.25, 0.3) is 0 Å². The summed E-state index contributed by atoms with van der Waals surface area (Å²) in [5.41, 5.74) is 6.21. The standard InChI is InChI=1S/C44H60N8O6/c1-24(2)18-20-51(41(53)37(25(3)4)49-43(55)57-8)27(7)39-46-33-17-16-30(21-34(33)47-39)32-22-31(32)28-12-14-29(15-13-28)35-23-45-40(48-35)36-11-10-19-52(36)42(54)38(26(5)6)50-44(56)58-9/h12-17,21,23-27,31-32,36-38H,10-11,18-20,22H2,1-9H3,(H,45,48)(H,46,47)(H,49,55)(H,50,56)/t27-,31-,32-,36-,37-,38-/m0/s1. The fourth-order valence-corrected chi connectivity index (χ4v) is 8.08. The first-order valence-electron chi connectivity index (χ1n) is 20.6. The number of carbonyl (C=O) groups is 4. The number of rotatable bonds is 15. The molecule has 14 nitrogen and oxygen atoms in total. The van der Waals surface area contributed by atoms with Crippen LogP contribution in [0.25, 0.3) is 22.3 Å². The van der Waals surface area contributed by atoms with Gasteiger partial charge in [-0.3, -0.25) is 9.59 Å². The predicted octanol–water partition coefficient (Wildman–Crippen LogP) is 7.58. The van der Waals surface area contributed by atoms with Crippen LogP contribution in [0.4, 0.5) is 9.59 Å². The lowest BCUT2D eigenvalue weighted by Crippen LogP contribution is -2.52. The van der Waals surface area contributed by atoms with Gasteiger partial charge in [-0.05, 0) is 91.0 Å². The number of carbonyl (C=O) groups excluding carboxylic acids is 4. The summed E-state index contributed by atoms with van der Waals surface area (Å²) >= 11 is 0. The fraction of sp³-hybridized carbons (Fsp3) is 0.545. The van der Waals surface area contributed by atoms with Crippen LogP contribution in [-0.4, -0.2) is 93.1 Å². The Morgan fingerprint density at radius 2 is 1.50 bits per heavy atom. The largest absolute Gasteiger partial charge is 0.453 e. The van der Waals surface area contributed by atoms with Crippen molar-refractivity contribution < 1.29 is 28.7 Å². The van der Waals surface area contributed by atoms with Crippen molar-refractivity contribution in [2.45, 2.75) is 110 Å². The van der Waals surface area contributed by atoms with E-state index >= 15 is 0 Å². The Hall–Kier alpha value is -5.40. The molecule has 2 aromatic carbocycles. The van der Waals surface area contributed by atoms with Gasteiger partial charge in [-0.1, -0.05) is 71.9 Å². The smallest absolute Gasteiger partial charge is 0.407 e. The number of nitrogens with one attached hydrogen (secondary N) is 4. The lowest BCUT2D eigenvalue weighted by molar-refractivity contribution is -0.137. The Balaban J connectivity index is 1.12. The van der Waals surface area contributed by atoms with Gasteiger partial charge in [0.1, 0.15) is 23.7 Å². The lowest BCUT2D eigenvalue weighted by Gasteiger charge is -2.33. The van der Waals surface area contributed by atoms with E-state index in [1.807, 2.05) is 50.6 Å². The van der Waals surface area contributed by atoms with E-state index in [0.29, 0.717) is 36.7 Å². The number of alkyl carbamates (subject to hydrolysis) is 2. The minimum atomic E-state index is -0.724. The van der Waals surface area contributed by atoms with E-state index in [0.717, 1.165) is 53.8 Å². The normalized spacial score (nSPS) is 19.3. The van der Waals surface area contributed by atoms with Gasteiger partial charge >= 0.3 is 12.2 Å². The van der Waals surface area contributed by atoms with Crippen molar-refractivity contribution in [3.8, 4) is 11.3 Å². The zero-order valence-electron chi connectivity index (χ0n) is 35.3. The monoisotopic (exact) mass is 796 g/mol. The Bertz CT molecular complexity index is 2070. The summed E-state index contributed by atoms with van der Waals surface area (Å²) in [6.07, 6.45) is 4.09. The maximum Gasteiger partial charge on any atom is 0.407 e. The van der Waals surface area contributed by atoms with Crippen LogP contribution >= 0.6 is 0 Å². The predicted molar refractivity (Wildman–Crippen MR) is 222 cm³/mol. The number of methoxy groups -OCH3 is 2. The highest BCUT2D eigenvalue weighted by molar-refractivity contribution is 5.87. The molecule has 2 aliphatic rings. The number of likely N-dealkylation sites (tertiary alicyclic amines) is 1. The third-order valence-electron chi connectivity index (χ3n) is 11.7. The number of fused-ring (bicyclic) bond motifs is 1. The second kappa shape index (κ2) is 18.0. The minimum Gasteiger partial charge on any atom is -0.453 e. The van der Waals surface area contributed by atoms with Gasteiger partial charge in [0.05, 0.1) is 49.2 Å². The van der Waals surface area contributed by atoms with E-state index in [2.05, 4.69) is 76.9 Å². The van der Waals surface area contributed by atoms with Crippen molar-refractivity contribution in [2.75, 3.05) is 27.3 Å². The summed E-state index contributed by atoms with van der Waals surface area (Å²) in [5.74, 6) is 2.10. The number of aromatic amines is 2. The van der Waals surface area contributed by atoms with Crippen LogP contribution in [0, 0.1) is 17.8 Å². The molecule has 4 aromatic rings. The van der Waals surface area contributed by atoms with Crippen LogP contribution in [0.5, 0.6) is 0 Å². The molecule has 14 heteroatoms. The molecule has 312 valence electrons. The molecular formula is C44H60N8O6. The van der Waals surface area contributed by atoms with E-state index < -0.39 is 24.3 Å². The number of nitrogens with zero attached hydrogens (tertiary/aromatic N) is 4. The van der Waals surface area contributed by atoms with Crippen molar-refractivity contribution in [1.29, 1.82) is 0 Å². The molecule has 58 heavy (non-hydrogen) atoms. The molecule has 2 fully saturated rings. The summed E-state index contributed by atoms with van der Waals surface area (Å²) in [6, 6.07) is 13.1. The van der Waals surface area contributed by atoms with Crippen LogP contribution in [0.1, 0.15) is 121 Å². The molecule has 6 rings (SSSR count). The van der Waals surface area contributed by atoms with Crippen molar-refractivity contribution >= 4 is 35.0 Å². The highest BCUT2D eigenvalue weighted by atomic mass is 16.5. The van der Waals surface area contributed by atoms with E-state index in [-0.39, 0.29) is 35.7 Å². The summed E-state index contributed by atoms with van der Waals surface area (Å²) in [7, 11) is 2.59. The zero-order chi connectivity index (χ0) is 41.8. The first-order chi connectivity index (χ1) is 27.7. The average molecular weight is 797 g/mol. The average Bonchev–Trinajstić information content (AvgIpc) is 3.51. The topological polar surface area (TPSA) is 175 Å². The molecule has 0 spiro atoms. The number of imidazole rings is 2. The molecule has 1 saturated heterocycles. The second-order valence-electron chi connectivity index (χ2n) is 16.9. The highest BCUT2D eigenvalue weighted by Crippen LogP contribution is 2.55. The molecular weight excluding hydrogens is 737 g/mol. The van der Waals surface area contributed by atoms with Crippen LogP contribution in [0.3, 0.4) is 0 Å². The van der Waals surface area contributed by atoms with Gasteiger partial charge < -0.3 is 39.9 Å². The molecule has 0 bridgehead atoms. The van der Waals surface area contributed by atoms with Gasteiger partial charge in [-0.15, -0.1) is 0 Å². The molecule has 6 atom stereocenters. The summed E-state index contributed by atoms with van der Waals surface area (Å²) in [5, 5.41) is 5.44. The number of amides is 4. The Morgan fingerprint density at radius 1 is 0.862 bits per heavy atom. The Kier molecular flexibility index (Phi) is 13.1. The third-order valence-corrected chi connectivity index (χ3v) is 11.7. The molecule has 0 unspecified atom stereocenters. The molecule has 1 saturated carbocycles. The fourth-order valence-electron chi connectivity index (χ4n) is 8.08. The van der Waals surface area contributed by atoms with E-state index in [9.17, 15) is 19.2 Å². The molecule has 0 radical (unpaired) electrons. The van der Waals surface area contributed by atoms with Crippen molar-refractivity contribution in [1.82, 2.24) is 40.4 Å². The SMILES string of the molecule is COC(=O)N[C@H](C(=O)N(CCC(C)C)[C@@H](C)c1nc2ccc([C@@H]3C[C@H]3c3ccc(-c4cnc([C@@H]5CCCN5C(=O)[C@@H](NC(=O)OC)C(C)C)[nH]4)cc3)cc2[nH]1)C(C)C. The molecule has 4 amide bonds. The lowest BCUT2D eigenvalue weighted by atomic mass is 10.0. The number of hydrogen-bond acceptors (Lipinski definition) is 8. The summed E-state index contributed by atoms with van der Waals surface area (Å²) in [6.45, 7) is 15.0. The summed E-state index contributed by atoms with van der Waals surface area (Å²) < 4.78 is 9.59. The number of aromatic nitrogens is 4. The zero-order valence-corrected chi connectivity index (χ0v) is 35.3. The second-order valence-corrected chi connectivity index (χ2v) is 16.9. The van der Waals surface area contributed by atoms with Gasteiger partial charge in [-0.2, -0.15) is 0 Å². The molecule has 3 heterocycles. The molecule has 4 N–H and O–H groups in total. The van der Waals surface area contributed by atoms with E-state index in [1.165, 1.54) is 25.3 Å². The van der Waals surface area contributed by atoms with Gasteiger partial charge in [0.2, 0.25) is 11.8 Å². The molecule has 1 aliphatic heterocycles. The quantitative estimate of drug-likeness (QED) is 0.0952. The number of ether oxygens (including phenoxy) is 2. The number of benzene rings is 2. The van der Waals surface area contributed by atoms with Crippen LogP contribution in [0.15, 0.2) is 48.7 Å². The first kappa shape index (κ1) is 42.2. The third kappa shape index (κ3) is 9.32. The van der Waals surface area contributed by atoms with Crippen LogP contribution in [-0.2, 0) is 19.1 Å². The van der Waals surface area contributed by atoms with Crippen molar-refractivity contribution in [3.05, 3.63) is 71.4 Å². The van der Waals surface area contributed by atoms with E-state index in [4.69, 9.17) is 19.4 Å². The number of H-pyrrole nitrogens is 2. The van der Waals surface area contributed by atoms with Crippen molar-refractivity contribution in [2.24, 2.45) is 17.8 Å². The van der Waals surface area contributed by atoms with Crippen LogP contribution in [0.2, 0.25) is 0 Å². The van der Waals surface area contributed by atoms with Crippen molar-refractivity contribution in [3.63, 3.8) is 0 Å². The van der Waals surface area contributed by atoms with Gasteiger partial charge in [0, 0.05) is 13.1 Å². The Labute approximate surface area is 341 Å². The molecule has 2 aromatic heterocycles. The minimum absolute atomic E-state index is 0.100. The summed E-state index contributed by atoms with van der Waals surface area (Å²) in [4.78, 5) is 71.9. The maximum absolute atomic E-state index is 13.9. The maximum atomic E-state index is 13.9. The first-order valence-corrected chi connectivity index (χ1v) is 20.6. The molecule has 1 aliphatic carbocycles. The van der Waals surface area contributed by atoms with Gasteiger partial charge in [0.15, 0.2) is 0 Å². The van der Waals surface area contributed by atoms with E-state index in [1.54, 1.807) is 0 Å². The van der Waals surface area contributed by atoms with Gasteiger partial charge in [-0.25, -0.2) is 19.6 Å². The van der Waals surface area contributed by atoms with Crippen LogP contribution < -0.4 is 10.6 Å². The number of hydrogen-bond donors (Lipinski definition) is 4. The highest BCUT2D eigenvalue weighted by Gasteiger charge is 2.40. The Morgan fingerprint density at radius 3 is 2.14 bits per heavy atom.